The summed E-state index contributed by atoms with van der Waals surface area (Å²) in [5.41, 5.74) is 15.4. The van der Waals surface area contributed by atoms with Crippen LogP contribution in [0.1, 0.15) is 24.8 Å². The molecule has 118 valence electrons. The van der Waals surface area contributed by atoms with Gasteiger partial charge in [0.1, 0.15) is 6.61 Å². The first-order valence-corrected chi connectivity index (χ1v) is 7.46. The van der Waals surface area contributed by atoms with Gasteiger partial charge in [0, 0.05) is 24.0 Å². The molecule has 1 amide bonds. The second-order valence-electron chi connectivity index (χ2n) is 5.35. The third-order valence-corrected chi connectivity index (χ3v) is 3.86. The van der Waals surface area contributed by atoms with Gasteiger partial charge >= 0.3 is 6.09 Å². The third-order valence-electron chi connectivity index (χ3n) is 3.86. The second-order valence-corrected chi connectivity index (χ2v) is 5.35. The molecule has 2 atom stereocenters. The van der Waals surface area contributed by atoms with Gasteiger partial charge in [-0.2, -0.15) is 0 Å². The number of hydrogen-bond donors (Lipinski definition) is 1. The molecule has 0 bridgehead atoms. The highest BCUT2D eigenvalue weighted by molar-refractivity contribution is 5.68. The maximum atomic E-state index is 12.3. The zero-order chi connectivity index (χ0) is 15.8. The van der Waals surface area contributed by atoms with E-state index in [1.807, 2.05) is 30.3 Å². The van der Waals surface area contributed by atoms with Crippen LogP contribution >= 0.6 is 0 Å². The van der Waals surface area contributed by atoms with Crippen LogP contribution in [-0.4, -0.2) is 36.2 Å². The Balaban J connectivity index is 1.93. The number of rotatable bonds is 5. The molecule has 0 aliphatic carbocycles. The highest BCUT2D eigenvalue weighted by atomic mass is 16.6. The molecule has 7 nitrogen and oxygen atoms in total. The lowest BCUT2D eigenvalue weighted by atomic mass is 9.95. The minimum Gasteiger partial charge on any atom is -0.445 e. The zero-order valence-electron chi connectivity index (χ0n) is 12.5. The second kappa shape index (κ2) is 8.26. The van der Waals surface area contributed by atoms with Crippen LogP contribution < -0.4 is 5.73 Å². The number of benzene rings is 1. The number of amides is 1. The van der Waals surface area contributed by atoms with Gasteiger partial charge in [-0.3, -0.25) is 0 Å². The van der Waals surface area contributed by atoms with Crippen molar-refractivity contribution in [1.29, 1.82) is 0 Å². The molecule has 1 fully saturated rings. The molecule has 0 radical (unpaired) electrons. The summed E-state index contributed by atoms with van der Waals surface area (Å²) in [6, 6.07) is 9.31. The Morgan fingerprint density at radius 3 is 2.95 bits per heavy atom. The Kier molecular flexibility index (Phi) is 6.06. The minimum absolute atomic E-state index is 0.105. The van der Waals surface area contributed by atoms with Crippen molar-refractivity contribution in [2.75, 3.05) is 13.1 Å². The smallest absolute Gasteiger partial charge is 0.410 e. The first kappa shape index (κ1) is 16.1. The molecule has 1 aliphatic rings. The average molecular weight is 303 g/mol. The van der Waals surface area contributed by atoms with Crippen molar-refractivity contribution in [3.05, 3.63) is 46.3 Å². The molecule has 2 unspecified atom stereocenters. The standard InChI is InChI=1S/C15H21N5O2/c16-13-7-4-10-20(14(13)8-9-18-19-17)15(21)22-11-12-5-2-1-3-6-12/h1-3,5-6,13-14H,4,7-11,16H2. The molecule has 1 aromatic carbocycles. The van der Waals surface area contributed by atoms with Crippen molar-refractivity contribution >= 4 is 6.09 Å². The van der Waals surface area contributed by atoms with Gasteiger partial charge in [0.2, 0.25) is 0 Å². The fourth-order valence-electron chi connectivity index (χ4n) is 2.72. The van der Waals surface area contributed by atoms with Crippen molar-refractivity contribution in [1.82, 2.24) is 4.90 Å². The summed E-state index contributed by atoms with van der Waals surface area (Å²) < 4.78 is 5.38. The number of nitrogens with zero attached hydrogens (tertiary/aromatic N) is 4. The summed E-state index contributed by atoms with van der Waals surface area (Å²) >= 11 is 0. The first-order chi connectivity index (χ1) is 10.7. The van der Waals surface area contributed by atoms with Crippen molar-refractivity contribution in [3.8, 4) is 0 Å². The fourth-order valence-corrected chi connectivity index (χ4v) is 2.72. The summed E-state index contributed by atoms with van der Waals surface area (Å²) in [7, 11) is 0. The summed E-state index contributed by atoms with van der Waals surface area (Å²) in [4.78, 5) is 16.7. The molecule has 0 spiro atoms. The van der Waals surface area contributed by atoms with Gasteiger partial charge < -0.3 is 15.4 Å². The van der Waals surface area contributed by atoms with E-state index in [1.165, 1.54) is 0 Å². The van der Waals surface area contributed by atoms with Crippen LogP contribution in [0.3, 0.4) is 0 Å². The average Bonchev–Trinajstić information content (AvgIpc) is 2.55. The number of nitrogens with two attached hydrogens (primary N) is 1. The Hall–Kier alpha value is -2.24. The molecule has 1 saturated heterocycles. The van der Waals surface area contributed by atoms with E-state index in [1.54, 1.807) is 4.90 Å². The highest BCUT2D eigenvalue weighted by Gasteiger charge is 2.32. The molecule has 0 saturated carbocycles. The number of piperidine rings is 1. The van der Waals surface area contributed by atoms with Crippen molar-refractivity contribution in [3.63, 3.8) is 0 Å². The van der Waals surface area contributed by atoms with Crippen LogP contribution in [0.25, 0.3) is 10.4 Å². The number of hydrogen-bond acceptors (Lipinski definition) is 4. The van der Waals surface area contributed by atoms with Gasteiger partial charge in [-0.05, 0) is 30.4 Å². The van der Waals surface area contributed by atoms with E-state index in [-0.39, 0.29) is 24.8 Å². The molecule has 7 heteroatoms. The van der Waals surface area contributed by atoms with Gasteiger partial charge in [-0.1, -0.05) is 35.4 Å². The van der Waals surface area contributed by atoms with Gasteiger partial charge in [-0.15, -0.1) is 0 Å². The summed E-state index contributed by atoms with van der Waals surface area (Å²) in [6.45, 7) is 1.20. The molecular formula is C15H21N5O2. The van der Waals surface area contributed by atoms with E-state index in [4.69, 9.17) is 16.0 Å². The Bertz CT molecular complexity index is 530. The van der Waals surface area contributed by atoms with E-state index in [2.05, 4.69) is 10.0 Å². The maximum Gasteiger partial charge on any atom is 0.410 e. The van der Waals surface area contributed by atoms with Gasteiger partial charge in [0.05, 0.1) is 6.04 Å². The van der Waals surface area contributed by atoms with Crippen LogP contribution in [0.5, 0.6) is 0 Å². The molecule has 1 aromatic rings. The lowest BCUT2D eigenvalue weighted by Gasteiger charge is -2.38. The number of ether oxygens (including phenoxy) is 1. The normalized spacial score (nSPS) is 21.0. The van der Waals surface area contributed by atoms with Crippen LogP contribution in [0.4, 0.5) is 4.79 Å². The quantitative estimate of drug-likeness (QED) is 0.513. The largest absolute Gasteiger partial charge is 0.445 e. The van der Waals surface area contributed by atoms with Gasteiger partial charge in [0.25, 0.3) is 0 Å². The number of likely N-dealkylation sites (tertiary alicyclic amines) is 1. The molecule has 1 aliphatic heterocycles. The van der Waals surface area contributed by atoms with Crippen molar-refractivity contribution in [2.24, 2.45) is 10.8 Å². The zero-order valence-corrected chi connectivity index (χ0v) is 12.5. The van der Waals surface area contributed by atoms with E-state index in [9.17, 15) is 4.79 Å². The number of carbonyl (C=O) groups is 1. The van der Waals surface area contributed by atoms with E-state index < -0.39 is 0 Å². The lowest BCUT2D eigenvalue weighted by molar-refractivity contribution is 0.0604. The highest BCUT2D eigenvalue weighted by Crippen LogP contribution is 2.20. The number of carbonyl (C=O) groups excluding carboxylic acids is 1. The predicted octanol–water partition coefficient (Wildman–Crippen LogP) is 2.82. The lowest BCUT2D eigenvalue weighted by Crippen LogP contribution is -2.54. The van der Waals surface area contributed by atoms with Crippen LogP contribution in [0, 0.1) is 0 Å². The third kappa shape index (κ3) is 4.38. The topological polar surface area (TPSA) is 104 Å². The SMILES string of the molecule is [N-]=[N+]=NCCC1C(N)CCCN1C(=O)OCc1ccccc1. The molecule has 22 heavy (non-hydrogen) atoms. The van der Waals surface area contributed by atoms with Gasteiger partial charge in [-0.25, -0.2) is 4.79 Å². The first-order valence-electron chi connectivity index (χ1n) is 7.46. The summed E-state index contributed by atoms with van der Waals surface area (Å²) in [6.07, 6.45) is 1.93. The van der Waals surface area contributed by atoms with Crippen LogP contribution in [0.15, 0.2) is 35.4 Å². The minimum atomic E-state index is -0.357. The summed E-state index contributed by atoms with van der Waals surface area (Å²) in [5.74, 6) is 0. The molecule has 2 rings (SSSR count). The Morgan fingerprint density at radius 1 is 1.45 bits per heavy atom. The number of azide groups is 1. The molecular weight excluding hydrogens is 282 g/mol. The Labute approximate surface area is 129 Å². The van der Waals surface area contributed by atoms with Gasteiger partial charge in [0.15, 0.2) is 0 Å². The maximum absolute atomic E-state index is 12.3. The Morgan fingerprint density at radius 2 is 2.23 bits per heavy atom. The monoisotopic (exact) mass is 303 g/mol. The molecule has 2 N–H and O–H groups in total. The molecule has 1 heterocycles. The van der Waals surface area contributed by atoms with Crippen molar-refractivity contribution in [2.45, 2.75) is 38.0 Å². The van der Waals surface area contributed by atoms with E-state index >= 15 is 0 Å². The van der Waals surface area contributed by atoms with Crippen molar-refractivity contribution < 1.29 is 9.53 Å². The van der Waals surface area contributed by atoms with E-state index in [0.717, 1.165) is 18.4 Å². The fraction of sp³-hybridized carbons (Fsp3) is 0.533. The summed E-state index contributed by atoms with van der Waals surface area (Å²) in [5, 5.41) is 3.53. The predicted molar refractivity (Wildman–Crippen MR) is 83.0 cm³/mol. The van der Waals surface area contributed by atoms with Crippen LogP contribution in [-0.2, 0) is 11.3 Å². The van der Waals surface area contributed by atoms with E-state index in [0.29, 0.717) is 19.5 Å². The van der Waals surface area contributed by atoms with Crippen LogP contribution in [0.2, 0.25) is 0 Å². The molecule has 0 aromatic heterocycles.